The molecule has 0 spiro atoms. The summed E-state index contributed by atoms with van der Waals surface area (Å²) in [6, 6.07) is 7.78. The Hall–Kier alpha value is -2.77. The van der Waals surface area contributed by atoms with Gasteiger partial charge in [0.2, 0.25) is 0 Å². The number of benzene rings is 1. The van der Waals surface area contributed by atoms with E-state index in [0.29, 0.717) is 12.1 Å². The van der Waals surface area contributed by atoms with E-state index < -0.39 is 6.04 Å². The fourth-order valence-corrected chi connectivity index (χ4v) is 4.80. The highest BCUT2D eigenvalue weighted by atomic mass is 16.5. The summed E-state index contributed by atoms with van der Waals surface area (Å²) < 4.78 is 7.04. The molecule has 1 aliphatic rings. The lowest BCUT2D eigenvalue weighted by Gasteiger charge is -2.23. The molecule has 2 N–H and O–H groups in total. The maximum absolute atomic E-state index is 12.6. The summed E-state index contributed by atoms with van der Waals surface area (Å²) in [5.74, 6) is -0.0381. The van der Waals surface area contributed by atoms with Gasteiger partial charge in [-0.25, -0.2) is 0 Å². The van der Waals surface area contributed by atoms with Crippen LogP contribution in [0.1, 0.15) is 63.3 Å². The number of aliphatic imine (C=N–C) groups is 1. The van der Waals surface area contributed by atoms with Crippen molar-refractivity contribution in [2.75, 3.05) is 6.61 Å². The predicted molar refractivity (Wildman–Crippen MR) is 144 cm³/mol. The Labute approximate surface area is 214 Å². The summed E-state index contributed by atoms with van der Waals surface area (Å²) in [5, 5.41) is 13.3. The first kappa shape index (κ1) is 27.8. The molecule has 3 atom stereocenters. The van der Waals surface area contributed by atoms with Crippen LogP contribution < -0.4 is 10.9 Å². The number of ether oxygens (including phenoxy) is 1. The third-order valence-corrected chi connectivity index (χ3v) is 6.90. The molecule has 0 aliphatic carbocycles. The van der Waals surface area contributed by atoms with Gasteiger partial charge in [0, 0.05) is 43.4 Å². The van der Waals surface area contributed by atoms with Gasteiger partial charge in [-0.1, -0.05) is 32.9 Å². The van der Waals surface area contributed by atoms with E-state index in [1.165, 1.54) is 0 Å². The molecule has 0 radical (unpaired) electrons. The van der Waals surface area contributed by atoms with Crippen LogP contribution in [0.2, 0.25) is 0 Å². The summed E-state index contributed by atoms with van der Waals surface area (Å²) >= 11 is 0. The highest BCUT2D eigenvalue weighted by molar-refractivity contribution is 6.04. The highest BCUT2D eigenvalue weighted by Crippen LogP contribution is 2.33. The lowest BCUT2D eigenvalue weighted by molar-refractivity contribution is -0.151. The molecule has 0 bridgehead atoms. The van der Waals surface area contributed by atoms with Crippen LogP contribution in [0, 0.1) is 24.7 Å². The van der Waals surface area contributed by atoms with E-state index in [-0.39, 0.29) is 42.0 Å². The Morgan fingerprint density at radius 3 is 2.56 bits per heavy atom. The number of nitrogens with one attached hydrogen (secondary N) is 1. The van der Waals surface area contributed by atoms with Crippen molar-refractivity contribution in [1.82, 2.24) is 9.88 Å². The van der Waals surface area contributed by atoms with Crippen LogP contribution in [0.25, 0.3) is 0 Å². The van der Waals surface area contributed by atoms with E-state index in [1.54, 1.807) is 11.6 Å². The molecule has 2 aromatic rings. The zero-order valence-corrected chi connectivity index (χ0v) is 22.7. The second-order valence-electron chi connectivity index (χ2n) is 10.7. The molecular formula is C29H41N3O4. The van der Waals surface area contributed by atoms with E-state index in [0.717, 1.165) is 40.9 Å². The summed E-state index contributed by atoms with van der Waals surface area (Å²) in [4.78, 5) is 30.0. The van der Waals surface area contributed by atoms with Crippen LogP contribution in [0.3, 0.4) is 0 Å². The van der Waals surface area contributed by atoms with Crippen molar-refractivity contribution in [1.29, 1.82) is 0 Å². The van der Waals surface area contributed by atoms with Gasteiger partial charge >= 0.3 is 5.97 Å². The number of aliphatic hydroxyl groups excluding tert-OH is 1. The quantitative estimate of drug-likeness (QED) is 0.512. The Kier molecular flexibility index (Phi) is 9.25. The van der Waals surface area contributed by atoms with Gasteiger partial charge in [0.05, 0.1) is 17.5 Å². The number of fused-ring (bicyclic) bond motifs is 1. The van der Waals surface area contributed by atoms with Crippen LogP contribution in [0.4, 0.5) is 5.69 Å². The molecule has 1 aromatic heterocycles. The van der Waals surface area contributed by atoms with Crippen LogP contribution in [-0.2, 0) is 29.5 Å². The Bertz CT molecular complexity index is 1140. The summed E-state index contributed by atoms with van der Waals surface area (Å²) in [7, 11) is 1.76. The van der Waals surface area contributed by atoms with Crippen molar-refractivity contribution in [3.63, 3.8) is 0 Å². The number of carbonyl (C=O) groups is 1. The van der Waals surface area contributed by atoms with Gasteiger partial charge in [-0.15, -0.1) is 0 Å². The van der Waals surface area contributed by atoms with Gasteiger partial charge in [0.15, 0.2) is 0 Å². The van der Waals surface area contributed by atoms with Gasteiger partial charge in [-0.05, 0) is 68.7 Å². The molecule has 1 unspecified atom stereocenters. The molecular weight excluding hydrogens is 454 g/mol. The third-order valence-electron chi connectivity index (χ3n) is 6.90. The summed E-state index contributed by atoms with van der Waals surface area (Å²) in [6.45, 7) is 12.2. The van der Waals surface area contributed by atoms with E-state index >= 15 is 0 Å². The number of aryl methyl sites for hydroxylation is 3. The number of carbonyl (C=O) groups excluding carboxylic acids is 1. The zero-order chi connectivity index (χ0) is 26.6. The highest BCUT2D eigenvalue weighted by Gasteiger charge is 2.28. The van der Waals surface area contributed by atoms with Crippen molar-refractivity contribution in [2.24, 2.45) is 29.8 Å². The lowest BCUT2D eigenvalue weighted by atomic mass is 9.83. The first-order valence-corrected chi connectivity index (χ1v) is 12.9. The molecule has 196 valence electrons. The smallest absolute Gasteiger partial charge is 0.323 e. The number of hydrogen-bond donors (Lipinski definition) is 2. The number of hydrogen-bond acceptors (Lipinski definition) is 6. The molecule has 2 heterocycles. The largest absolute Gasteiger partial charge is 0.462 e. The van der Waals surface area contributed by atoms with Crippen LogP contribution >= 0.6 is 0 Å². The van der Waals surface area contributed by atoms with Crippen LogP contribution in [0.15, 0.2) is 40.2 Å². The van der Waals surface area contributed by atoms with Crippen molar-refractivity contribution in [3.05, 3.63) is 63.1 Å². The molecule has 1 aliphatic heterocycles. The number of aromatic nitrogens is 1. The summed E-state index contributed by atoms with van der Waals surface area (Å²) in [5.41, 5.74) is 5.55. The average Bonchev–Trinajstić information content (AvgIpc) is 3.00. The fourth-order valence-electron chi connectivity index (χ4n) is 4.80. The maximum atomic E-state index is 12.6. The van der Waals surface area contributed by atoms with Crippen molar-refractivity contribution < 1.29 is 14.6 Å². The molecule has 0 fully saturated rings. The molecule has 0 saturated heterocycles. The minimum atomic E-state index is -0.395. The first-order chi connectivity index (χ1) is 17.0. The standard InChI is InChI=1S/C29H41N3O4/c1-17(2)26(29(35)36-18(3)4)30-14-21-8-9-22-10-11-24(20(6)16-33)27(31-25(22)13-21)23-12-19(5)28(34)32(7)15-23/h8-9,12-13,15,17-18,20,24,26,30,33H,10-11,14,16H2,1-7H3/t20-,24?,26-/m0/s1. The second-order valence-corrected chi connectivity index (χ2v) is 10.7. The molecule has 1 aromatic carbocycles. The van der Waals surface area contributed by atoms with Crippen molar-refractivity contribution in [2.45, 2.75) is 73.1 Å². The topological polar surface area (TPSA) is 92.9 Å². The van der Waals surface area contributed by atoms with Gasteiger partial charge < -0.3 is 19.7 Å². The maximum Gasteiger partial charge on any atom is 0.323 e. The zero-order valence-electron chi connectivity index (χ0n) is 22.7. The molecule has 0 saturated carbocycles. The average molecular weight is 496 g/mol. The summed E-state index contributed by atoms with van der Waals surface area (Å²) in [6.07, 6.45) is 3.40. The van der Waals surface area contributed by atoms with Gasteiger partial charge in [-0.2, -0.15) is 0 Å². The normalized spacial score (nSPS) is 17.4. The monoisotopic (exact) mass is 495 g/mol. The Balaban J connectivity index is 1.97. The van der Waals surface area contributed by atoms with Crippen molar-refractivity contribution >= 4 is 17.4 Å². The fraction of sp³-hybridized carbons (Fsp3) is 0.552. The number of rotatable bonds is 9. The number of nitrogens with zero attached hydrogens (tertiary/aromatic N) is 2. The molecule has 7 heteroatoms. The second kappa shape index (κ2) is 12.0. The number of aliphatic hydroxyl groups is 1. The Morgan fingerprint density at radius 1 is 1.22 bits per heavy atom. The predicted octanol–water partition coefficient (Wildman–Crippen LogP) is 4.07. The molecule has 0 amide bonds. The first-order valence-electron chi connectivity index (χ1n) is 12.9. The third kappa shape index (κ3) is 6.51. The minimum absolute atomic E-state index is 0.0239. The molecule has 3 rings (SSSR count). The van der Waals surface area contributed by atoms with Crippen molar-refractivity contribution in [3.8, 4) is 0 Å². The van der Waals surface area contributed by atoms with E-state index in [2.05, 4.69) is 23.5 Å². The molecule has 7 nitrogen and oxygen atoms in total. The van der Waals surface area contributed by atoms with E-state index in [1.807, 2.05) is 53.8 Å². The van der Waals surface area contributed by atoms with Gasteiger partial charge in [0.25, 0.3) is 5.56 Å². The van der Waals surface area contributed by atoms with E-state index in [9.17, 15) is 14.7 Å². The number of pyridine rings is 1. The SMILES string of the molecule is Cc1cc(C2=Nc3cc(CN[C@H](C(=O)OC(C)C)C(C)C)ccc3CCC2[C@@H](C)CO)cn(C)c1=O. The number of esters is 1. The van der Waals surface area contributed by atoms with Crippen LogP contribution in [-0.4, -0.2) is 40.1 Å². The van der Waals surface area contributed by atoms with Gasteiger partial charge in [0.1, 0.15) is 6.04 Å². The van der Waals surface area contributed by atoms with Gasteiger partial charge in [-0.3, -0.25) is 14.6 Å². The molecule has 36 heavy (non-hydrogen) atoms. The van der Waals surface area contributed by atoms with Crippen LogP contribution in [0.5, 0.6) is 0 Å². The minimum Gasteiger partial charge on any atom is -0.462 e. The lowest BCUT2D eigenvalue weighted by Crippen LogP contribution is -2.42. The van der Waals surface area contributed by atoms with E-state index in [4.69, 9.17) is 9.73 Å². The Morgan fingerprint density at radius 2 is 1.94 bits per heavy atom.